The van der Waals surface area contributed by atoms with Crippen LogP contribution >= 0.6 is 0 Å². The van der Waals surface area contributed by atoms with Gasteiger partial charge in [0.25, 0.3) is 0 Å². The number of carbonyl (C=O) groups is 2. The largest absolute Gasteiger partial charge is 0.444 e. The maximum atomic E-state index is 13.7. The number of aryl methyl sites for hydroxylation is 1. The molecule has 3 aromatic rings. The minimum absolute atomic E-state index is 0.139. The van der Waals surface area contributed by atoms with Gasteiger partial charge in [0.15, 0.2) is 0 Å². The summed E-state index contributed by atoms with van der Waals surface area (Å²) in [5.74, 6) is -0.139. The van der Waals surface area contributed by atoms with E-state index in [0.29, 0.717) is 18.7 Å². The lowest BCUT2D eigenvalue weighted by Crippen LogP contribution is -2.44. The van der Waals surface area contributed by atoms with Gasteiger partial charge in [-0.25, -0.2) is 13.2 Å². The highest BCUT2D eigenvalue weighted by Gasteiger charge is 2.60. The summed E-state index contributed by atoms with van der Waals surface area (Å²) in [6, 6.07) is 20.3. The molecule has 0 saturated carbocycles. The number of benzene rings is 3. The van der Waals surface area contributed by atoms with Crippen molar-refractivity contribution >= 4 is 33.4 Å². The molecule has 2 aliphatic heterocycles. The van der Waals surface area contributed by atoms with Crippen LogP contribution in [0.3, 0.4) is 0 Å². The fourth-order valence-electron chi connectivity index (χ4n) is 5.78. The maximum Gasteiger partial charge on any atom is 0.410 e. The van der Waals surface area contributed by atoms with E-state index in [1.807, 2.05) is 82.3 Å². The van der Waals surface area contributed by atoms with Crippen LogP contribution in [0.5, 0.6) is 0 Å². The molecular formula is C30H33N3O5S. The minimum Gasteiger partial charge on any atom is -0.444 e. The predicted octanol–water partition coefficient (Wildman–Crippen LogP) is 5.61. The number of amides is 2. The summed E-state index contributed by atoms with van der Waals surface area (Å²) in [7, 11) is -3.45. The summed E-state index contributed by atoms with van der Waals surface area (Å²) < 4.78 is 32.1. The summed E-state index contributed by atoms with van der Waals surface area (Å²) in [5, 5.41) is 3.04. The molecule has 3 aromatic carbocycles. The number of rotatable bonds is 4. The zero-order valence-electron chi connectivity index (χ0n) is 22.7. The lowest BCUT2D eigenvalue weighted by Gasteiger charge is -2.35. The summed E-state index contributed by atoms with van der Waals surface area (Å²) in [4.78, 5) is 28.9. The first-order chi connectivity index (χ1) is 18.3. The van der Waals surface area contributed by atoms with Gasteiger partial charge in [-0.1, -0.05) is 42.5 Å². The molecule has 0 bridgehead atoms. The third-order valence-corrected chi connectivity index (χ3v) is 7.74. The number of nitrogens with zero attached hydrogens (tertiary/aromatic N) is 1. The molecule has 39 heavy (non-hydrogen) atoms. The molecule has 9 heteroatoms. The third-order valence-electron chi connectivity index (χ3n) is 7.13. The Balaban J connectivity index is 1.64. The number of hydrogen-bond donors (Lipinski definition) is 2. The zero-order chi connectivity index (χ0) is 28.2. The number of likely N-dealkylation sites (tertiary alicyclic amines) is 1. The fourth-order valence-corrected chi connectivity index (χ4v) is 6.32. The lowest BCUT2D eigenvalue weighted by molar-refractivity contribution is -0.121. The Morgan fingerprint density at radius 2 is 1.79 bits per heavy atom. The number of carbonyl (C=O) groups excluding carboxylic acids is 2. The van der Waals surface area contributed by atoms with Crippen molar-refractivity contribution in [1.82, 2.24) is 4.90 Å². The Labute approximate surface area is 229 Å². The van der Waals surface area contributed by atoms with Gasteiger partial charge < -0.3 is 10.1 Å². The number of ether oxygens (including phenoxy) is 1. The number of hydrogen-bond acceptors (Lipinski definition) is 5. The zero-order valence-corrected chi connectivity index (χ0v) is 23.6. The van der Waals surface area contributed by atoms with E-state index < -0.39 is 33.2 Å². The van der Waals surface area contributed by atoms with Gasteiger partial charge >= 0.3 is 6.09 Å². The van der Waals surface area contributed by atoms with Crippen LogP contribution in [0.2, 0.25) is 0 Å². The van der Waals surface area contributed by atoms with Crippen LogP contribution in [0.25, 0.3) is 11.1 Å². The summed E-state index contributed by atoms with van der Waals surface area (Å²) in [6.45, 7) is 7.73. The first kappa shape index (κ1) is 26.7. The van der Waals surface area contributed by atoms with E-state index in [2.05, 4.69) is 10.0 Å². The quantitative estimate of drug-likeness (QED) is 0.442. The summed E-state index contributed by atoms with van der Waals surface area (Å²) >= 11 is 0. The Morgan fingerprint density at radius 1 is 1.05 bits per heavy atom. The molecule has 1 unspecified atom stereocenters. The third kappa shape index (κ3) is 5.11. The van der Waals surface area contributed by atoms with Crippen molar-refractivity contribution in [2.45, 2.75) is 51.2 Å². The first-order valence-electron chi connectivity index (χ1n) is 12.9. The van der Waals surface area contributed by atoms with Crippen molar-refractivity contribution in [2.24, 2.45) is 0 Å². The molecule has 2 N–H and O–H groups in total. The van der Waals surface area contributed by atoms with E-state index in [9.17, 15) is 18.0 Å². The number of nitrogens with one attached hydrogen (secondary N) is 2. The number of fused-ring (bicyclic) bond motifs is 2. The smallest absolute Gasteiger partial charge is 0.410 e. The minimum atomic E-state index is -3.45. The Kier molecular flexibility index (Phi) is 6.45. The molecule has 1 spiro atoms. The van der Waals surface area contributed by atoms with Gasteiger partial charge in [0.05, 0.1) is 12.3 Å². The van der Waals surface area contributed by atoms with Crippen molar-refractivity contribution in [3.05, 3.63) is 83.4 Å². The molecule has 2 aliphatic rings. The van der Waals surface area contributed by atoms with Gasteiger partial charge in [0, 0.05) is 17.9 Å². The van der Waals surface area contributed by atoms with Crippen LogP contribution in [0, 0.1) is 6.92 Å². The molecule has 1 fully saturated rings. The topological polar surface area (TPSA) is 105 Å². The van der Waals surface area contributed by atoms with Crippen molar-refractivity contribution in [1.29, 1.82) is 0 Å². The van der Waals surface area contributed by atoms with E-state index in [4.69, 9.17) is 4.74 Å². The van der Waals surface area contributed by atoms with Gasteiger partial charge in [0.1, 0.15) is 11.0 Å². The lowest BCUT2D eigenvalue weighted by atomic mass is 9.72. The highest BCUT2D eigenvalue weighted by atomic mass is 32.2. The van der Waals surface area contributed by atoms with Crippen molar-refractivity contribution < 1.29 is 22.7 Å². The molecule has 0 aliphatic carbocycles. The summed E-state index contributed by atoms with van der Waals surface area (Å²) in [6.07, 6.45) is 1.10. The van der Waals surface area contributed by atoms with Crippen LogP contribution in [-0.2, 0) is 25.0 Å². The second-order valence-corrected chi connectivity index (χ2v) is 13.1. The highest BCUT2D eigenvalue weighted by molar-refractivity contribution is 7.92. The number of para-hydroxylation sites is 1. The highest BCUT2D eigenvalue weighted by Crippen LogP contribution is 2.55. The van der Waals surface area contributed by atoms with Gasteiger partial charge in [-0.05, 0) is 86.2 Å². The van der Waals surface area contributed by atoms with Crippen LogP contribution in [-0.4, -0.2) is 43.7 Å². The molecule has 1 saturated heterocycles. The fraction of sp³-hybridized carbons (Fsp3) is 0.333. The molecule has 2 atom stereocenters. The van der Waals surface area contributed by atoms with Crippen LogP contribution in [0.15, 0.2) is 66.7 Å². The van der Waals surface area contributed by atoms with E-state index in [0.717, 1.165) is 39.8 Å². The predicted molar refractivity (Wildman–Crippen MR) is 152 cm³/mol. The van der Waals surface area contributed by atoms with Crippen molar-refractivity contribution in [3.63, 3.8) is 0 Å². The molecular weight excluding hydrogens is 514 g/mol. The van der Waals surface area contributed by atoms with E-state index in [1.54, 1.807) is 17.0 Å². The molecule has 0 radical (unpaired) electrons. The first-order valence-corrected chi connectivity index (χ1v) is 14.8. The molecule has 2 amide bonds. The summed E-state index contributed by atoms with van der Waals surface area (Å²) in [5.41, 5.74) is 3.76. The van der Waals surface area contributed by atoms with Gasteiger partial charge in [-0.3, -0.25) is 14.4 Å². The molecule has 5 rings (SSSR count). The maximum absolute atomic E-state index is 13.7. The second kappa shape index (κ2) is 9.41. The van der Waals surface area contributed by atoms with Crippen LogP contribution in [0.4, 0.5) is 16.2 Å². The number of anilines is 2. The standard InChI is InChI=1S/C30H33N3O5S/c1-19-15-22(18-23(16-19)32-39(5,36)37)20-9-8-10-21(17-20)26-30(13-14-33(26)28(35)38-29(2,3)4)24-11-6-7-12-25(24)31-27(30)34/h6-12,15-18,26,32H,13-14H2,1-5H3,(H,31,34)/t26?,30-/m1/s1. The molecule has 2 heterocycles. The van der Waals surface area contributed by atoms with Crippen LogP contribution < -0.4 is 10.0 Å². The van der Waals surface area contributed by atoms with Crippen molar-refractivity contribution in [2.75, 3.05) is 22.8 Å². The number of sulfonamides is 1. The van der Waals surface area contributed by atoms with Crippen LogP contribution in [0.1, 0.15) is 49.9 Å². The molecule has 0 aromatic heterocycles. The van der Waals surface area contributed by atoms with E-state index in [1.165, 1.54) is 0 Å². The Bertz CT molecular complexity index is 1580. The van der Waals surface area contributed by atoms with Gasteiger partial charge in [-0.15, -0.1) is 0 Å². The average molecular weight is 548 g/mol. The molecule has 8 nitrogen and oxygen atoms in total. The van der Waals surface area contributed by atoms with Gasteiger partial charge in [0.2, 0.25) is 15.9 Å². The molecule has 204 valence electrons. The average Bonchev–Trinajstić information content (AvgIpc) is 3.36. The van der Waals surface area contributed by atoms with Crippen molar-refractivity contribution in [3.8, 4) is 11.1 Å². The van der Waals surface area contributed by atoms with E-state index in [-0.39, 0.29) is 5.91 Å². The van der Waals surface area contributed by atoms with Gasteiger partial charge in [-0.2, -0.15) is 0 Å². The SMILES string of the molecule is Cc1cc(NS(C)(=O)=O)cc(-c2cccc(C3N(C(=O)OC(C)(C)C)CC[C@]34C(=O)Nc3ccccc34)c2)c1. The van der Waals surface area contributed by atoms with E-state index >= 15 is 0 Å². The normalized spacial score (nSPS) is 20.6. The monoisotopic (exact) mass is 547 g/mol. The Hall–Kier alpha value is -3.85. The Morgan fingerprint density at radius 3 is 2.51 bits per heavy atom. The second-order valence-electron chi connectivity index (χ2n) is 11.4.